The number of nitrogens with one attached hydrogen (secondary N) is 1. The number of aromatic nitrogens is 3. The second-order valence-corrected chi connectivity index (χ2v) is 2.70. The van der Waals surface area contributed by atoms with Crippen LogP contribution in [0.3, 0.4) is 0 Å². The smallest absolute Gasteiger partial charge is 0.142 e. The van der Waals surface area contributed by atoms with Gasteiger partial charge in [-0.3, -0.25) is 5.10 Å². The van der Waals surface area contributed by atoms with Gasteiger partial charge in [-0.2, -0.15) is 10.4 Å². The molecule has 0 aliphatic heterocycles. The van der Waals surface area contributed by atoms with Gasteiger partial charge in [0.25, 0.3) is 0 Å². The minimum absolute atomic E-state index is 0.230. The van der Waals surface area contributed by atoms with E-state index in [1.807, 2.05) is 6.07 Å². The summed E-state index contributed by atoms with van der Waals surface area (Å²) in [5.74, 6) is 0.230. The van der Waals surface area contributed by atoms with Crippen LogP contribution in [0.2, 0.25) is 0 Å². The predicted octanol–water partition coefficient (Wildman–Crippen LogP) is 0.926. The third-order valence-electron chi connectivity index (χ3n) is 1.81. The Hall–Kier alpha value is -2.35. The molecule has 0 amide bonds. The molecular formula is C9H7N5. The summed E-state index contributed by atoms with van der Waals surface area (Å²) >= 11 is 0. The molecule has 0 spiro atoms. The van der Waals surface area contributed by atoms with Crippen LogP contribution in [-0.4, -0.2) is 15.2 Å². The summed E-state index contributed by atoms with van der Waals surface area (Å²) in [5.41, 5.74) is 7.31. The molecule has 0 aliphatic rings. The SMILES string of the molecule is N#Cc1ccc(-c2cc[nH]n2)nc1N. The first-order chi connectivity index (χ1) is 6.81. The van der Waals surface area contributed by atoms with Gasteiger partial charge in [0.2, 0.25) is 0 Å². The van der Waals surface area contributed by atoms with Gasteiger partial charge in [0.15, 0.2) is 0 Å². The normalized spacial score (nSPS) is 9.64. The summed E-state index contributed by atoms with van der Waals surface area (Å²) in [6.45, 7) is 0. The van der Waals surface area contributed by atoms with Gasteiger partial charge >= 0.3 is 0 Å². The number of H-pyrrole nitrogens is 1. The molecule has 68 valence electrons. The predicted molar refractivity (Wildman–Crippen MR) is 50.9 cm³/mol. The number of rotatable bonds is 1. The van der Waals surface area contributed by atoms with Gasteiger partial charge in [-0.25, -0.2) is 4.98 Å². The van der Waals surface area contributed by atoms with Crippen LogP contribution in [0, 0.1) is 11.3 Å². The molecule has 2 aromatic heterocycles. The van der Waals surface area contributed by atoms with Crippen LogP contribution < -0.4 is 5.73 Å². The van der Waals surface area contributed by atoms with Crippen molar-refractivity contribution in [3.05, 3.63) is 30.0 Å². The van der Waals surface area contributed by atoms with Crippen molar-refractivity contribution in [1.29, 1.82) is 5.26 Å². The van der Waals surface area contributed by atoms with E-state index in [1.54, 1.807) is 24.4 Å². The standard InChI is InChI=1S/C9H7N5/c10-5-6-1-2-7(13-9(6)11)8-3-4-12-14-8/h1-4H,(H2,11,13)(H,12,14). The highest BCUT2D eigenvalue weighted by Gasteiger charge is 2.04. The molecule has 0 saturated heterocycles. The van der Waals surface area contributed by atoms with Crippen LogP contribution in [0.25, 0.3) is 11.4 Å². The fourth-order valence-electron chi connectivity index (χ4n) is 1.12. The zero-order valence-corrected chi connectivity index (χ0v) is 7.23. The molecule has 5 nitrogen and oxygen atoms in total. The van der Waals surface area contributed by atoms with Crippen LogP contribution >= 0.6 is 0 Å². The second kappa shape index (κ2) is 3.18. The summed E-state index contributed by atoms with van der Waals surface area (Å²) in [6.07, 6.45) is 1.70. The van der Waals surface area contributed by atoms with Crippen molar-refractivity contribution in [2.45, 2.75) is 0 Å². The summed E-state index contributed by atoms with van der Waals surface area (Å²) in [7, 11) is 0. The molecule has 0 aliphatic carbocycles. The molecule has 0 unspecified atom stereocenters. The van der Waals surface area contributed by atoms with Crippen molar-refractivity contribution in [3.63, 3.8) is 0 Å². The Bertz CT molecular complexity index is 480. The van der Waals surface area contributed by atoms with Crippen molar-refractivity contribution < 1.29 is 0 Å². The molecule has 0 bridgehead atoms. The largest absolute Gasteiger partial charge is 0.383 e. The Morgan fingerprint density at radius 2 is 2.14 bits per heavy atom. The van der Waals surface area contributed by atoms with Gasteiger partial charge in [0, 0.05) is 6.20 Å². The summed E-state index contributed by atoms with van der Waals surface area (Å²) in [4.78, 5) is 4.06. The number of pyridine rings is 1. The number of aromatic amines is 1. The van der Waals surface area contributed by atoms with E-state index in [-0.39, 0.29) is 5.82 Å². The lowest BCUT2D eigenvalue weighted by Gasteiger charge is -1.98. The Morgan fingerprint density at radius 1 is 1.29 bits per heavy atom. The second-order valence-electron chi connectivity index (χ2n) is 2.70. The van der Waals surface area contributed by atoms with E-state index in [4.69, 9.17) is 11.0 Å². The van der Waals surface area contributed by atoms with E-state index in [1.165, 1.54) is 0 Å². The van der Waals surface area contributed by atoms with E-state index in [0.717, 1.165) is 0 Å². The number of nitrogens with zero attached hydrogens (tertiary/aromatic N) is 3. The van der Waals surface area contributed by atoms with E-state index in [9.17, 15) is 0 Å². The zero-order chi connectivity index (χ0) is 9.97. The lowest BCUT2D eigenvalue weighted by Crippen LogP contribution is -1.96. The van der Waals surface area contributed by atoms with Crippen LogP contribution in [0.5, 0.6) is 0 Å². The van der Waals surface area contributed by atoms with Gasteiger partial charge in [0.05, 0.1) is 11.3 Å². The molecule has 0 fully saturated rings. The number of anilines is 1. The van der Waals surface area contributed by atoms with Crippen molar-refractivity contribution in [1.82, 2.24) is 15.2 Å². The minimum Gasteiger partial charge on any atom is -0.383 e. The fraction of sp³-hybridized carbons (Fsp3) is 0. The molecule has 2 aromatic rings. The summed E-state index contributed by atoms with van der Waals surface area (Å²) < 4.78 is 0. The molecular weight excluding hydrogens is 178 g/mol. The first-order valence-corrected chi connectivity index (χ1v) is 3.98. The summed E-state index contributed by atoms with van der Waals surface area (Å²) in [5, 5.41) is 15.3. The Labute approximate surface area is 80.2 Å². The summed E-state index contributed by atoms with van der Waals surface area (Å²) in [6, 6.07) is 7.08. The Balaban J connectivity index is 2.49. The van der Waals surface area contributed by atoms with Gasteiger partial charge in [-0.15, -0.1) is 0 Å². The van der Waals surface area contributed by atoms with Crippen LogP contribution in [-0.2, 0) is 0 Å². The number of hydrogen-bond donors (Lipinski definition) is 2. The average molecular weight is 185 g/mol. The molecule has 2 heterocycles. The van der Waals surface area contributed by atoms with E-state index >= 15 is 0 Å². The van der Waals surface area contributed by atoms with Gasteiger partial charge in [0.1, 0.15) is 17.6 Å². The van der Waals surface area contributed by atoms with Crippen molar-refractivity contribution in [2.75, 3.05) is 5.73 Å². The van der Waals surface area contributed by atoms with Crippen molar-refractivity contribution in [2.24, 2.45) is 0 Å². The highest BCUT2D eigenvalue weighted by Crippen LogP contribution is 2.16. The van der Waals surface area contributed by atoms with Gasteiger partial charge < -0.3 is 5.73 Å². The first kappa shape index (κ1) is 8.26. The number of nitrogen functional groups attached to an aromatic ring is 1. The quantitative estimate of drug-likeness (QED) is 0.691. The Morgan fingerprint density at radius 3 is 2.71 bits per heavy atom. The number of hydrogen-bond acceptors (Lipinski definition) is 4. The Kier molecular flexibility index (Phi) is 1.88. The third-order valence-corrected chi connectivity index (χ3v) is 1.81. The molecule has 2 rings (SSSR count). The monoisotopic (exact) mass is 185 g/mol. The van der Waals surface area contributed by atoms with Crippen LogP contribution in [0.1, 0.15) is 5.56 Å². The highest BCUT2D eigenvalue weighted by molar-refractivity contribution is 5.60. The average Bonchev–Trinajstić information content (AvgIpc) is 2.70. The molecule has 0 aromatic carbocycles. The van der Waals surface area contributed by atoms with Gasteiger partial charge in [-0.05, 0) is 18.2 Å². The zero-order valence-electron chi connectivity index (χ0n) is 7.23. The fourth-order valence-corrected chi connectivity index (χ4v) is 1.12. The molecule has 0 saturated carbocycles. The molecule has 0 atom stereocenters. The number of nitrogens with two attached hydrogens (primary N) is 1. The number of nitriles is 1. The van der Waals surface area contributed by atoms with Crippen LogP contribution in [0.15, 0.2) is 24.4 Å². The maximum absolute atomic E-state index is 8.65. The molecule has 14 heavy (non-hydrogen) atoms. The molecule has 0 radical (unpaired) electrons. The molecule has 3 N–H and O–H groups in total. The van der Waals surface area contributed by atoms with Crippen LogP contribution in [0.4, 0.5) is 5.82 Å². The van der Waals surface area contributed by atoms with Crippen molar-refractivity contribution in [3.8, 4) is 17.5 Å². The highest BCUT2D eigenvalue weighted by atomic mass is 15.1. The lowest BCUT2D eigenvalue weighted by molar-refractivity contribution is 1.09. The van der Waals surface area contributed by atoms with E-state index in [0.29, 0.717) is 17.0 Å². The molecule has 5 heteroatoms. The maximum Gasteiger partial charge on any atom is 0.142 e. The van der Waals surface area contributed by atoms with Gasteiger partial charge in [-0.1, -0.05) is 0 Å². The van der Waals surface area contributed by atoms with Crippen molar-refractivity contribution >= 4 is 5.82 Å². The van der Waals surface area contributed by atoms with E-state index in [2.05, 4.69) is 15.2 Å². The topological polar surface area (TPSA) is 91.4 Å². The lowest BCUT2D eigenvalue weighted by atomic mass is 10.2. The minimum atomic E-state index is 0.230. The first-order valence-electron chi connectivity index (χ1n) is 3.98. The third kappa shape index (κ3) is 1.29. The maximum atomic E-state index is 8.65. The van der Waals surface area contributed by atoms with E-state index < -0.39 is 0 Å².